The predicted molar refractivity (Wildman–Crippen MR) is 91.5 cm³/mol. The maximum absolute atomic E-state index is 5.73. The van der Waals surface area contributed by atoms with E-state index in [-0.39, 0.29) is 0 Å². The van der Waals surface area contributed by atoms with Crippen LogP contribution in [0.4, 0.5) is 5.69 Å². The fourth-order valence-corrected chi connectivity index (χ4v) is 3.57. The number of fused-ring (bicyclic) bond motifs is 2. The Hall–Kier alpha value is -2.42. The third-order valence-electron chi connectivity index (χ3n) is 4.66. The summed E-state index contributed by atoms with van der Waals surface area (Å²) in [5, 5.41) is 4.91. The molecule has 1 aliphatic rings. The number of ether oxygens (including phenoxy) is 2. The maximum atomic E-state index is 5.73. The zero-order valence-electron chi connectivity index (χ0n) is 13.1. The number of likely N-dealkylation sites (N-methyl/N-ethyl adjacent to an activating group) is 1. The Bertz CT molecular complexity index is 886. The van der Waals surface area contributed by atoms with E-state index in [1.54, 1.807) is 14.2 Å². The lowest BCUT2D eigenvalue weighted by Gasteiger charge is -2.29. The molecule has 0 N–H and O–H groups in total. The highest BCUT2D eigenvalue weighted by Crippen LogP contribution is 2.47. The number of rotatable bonds is 2. The standard InChI is InChI=1S/C19H19NO2/c1-20-9-8-13-11-16(21-2)19(22-3)18-14-7-5-4-6-12(14)10-15(20)17(13)18/h4-7,10-11H,8-9H2,1-3H3. The van der Waals surface area contributed by atoms with Gasteiger partial charge in [0, 0.05) is 30.1 Å². The second kappa shape index (κ2) is 4.80. The first kappa shape index (κ1) is 13.3. The topological polar surface area (TPSA) is 21.7 Å². The van der Waals surface area contributed by atoms with Crippen molar-refractivity contribution >= 4 is 27.2 Å². The molecule has 0 amide bonds. The van der Waals surface area contributed by atoms with Crippen LogP contribution in [0.15, 0.2) is 36.4 Å². The molecule has 22 heavy (non-hydrogen) atoms. The molecule has 0 spiro atoms. The van der Waals surface area contributed by atoms with Gasteiger partial charge < -0.3 is 14.4 Å². The molecule has 0 bridgehead atoms. The van der Waals surface area contributed by atoms with E-state index in [0.29, 0.717) is 0 Å². The Morgan fingerprint density at radius 1 is 1.00 bits per heavy atom. The van der Waals surface area contributed by atoms with Crippen LogP contribution in [0.25, 0.3) is 21.5 Å². The third kappa shape index (κ3) is 1.68. The smallest absolute Gasteiger partial charge is 0.169 e. The predicted octanol–water partition coefficient (Wildman–Crippen LogP) is 4.00. The van der Waals surface area contributed by atoms with Crippen molar-refractivity contribution in [3.8, 4) is 11.5 Å². The average Bonchev–Trinajstić information content (AvgIpc) is 2.57. The van der Waals surface area contributed by atoms with Gasteiger partial charge in [-0.05, 0) is 34.9 Å². The van der Waals surface area contributed by atoms with Gasteiger partial charge in [0.2, 0.25) is 0 Å². The van der Waals surface area contributed by atoms with Crippen LogP contribution < -0.4 is 14.4 Å². The van der Waals surface area contributed by atoms with Gasteiger partial charge in [-0.1, -0.05) is 24.3 Å². The Morgan fingerprint density at radius 3 is 2.59 bits per heavy atom. The molecular formula is C19H19NO2. The SMILES string of the molecule is COc1cc2c3c(cc4ccccc4c3c1OC)N(C)CC2. The van der Waals surface area contributed by atoms with Crippen LogP contribution in [0.3, 0.4) is 0 Å². The van der Waals surface area contributed by atoms with Gasteiger partial charge in [-0.25, -0.2) is 0 Å². The van der Waals surface area contributed by atoms with Crippen molar-refractivity contribution in [2.24, 2.45) is 0 Å². The van der Waals surface area contributed by atoms with E-state index < -0.39 is 0 Å². The summed E-state index contributed by atoms with van der Waals surface area (Å²) in [6.07, 6.45) is 1.03. The van der Waals surface area contributed by atoms with Crippen molar-refractivity contribution in [2.45, 2.75) is 6.42 Å². The lowest BCUT2D eigenvalue weighted by atomic mass is 9.91. The molecule has 0 aliphatic carbocycles. The zero-order chi connectivity index (χ0) is 15.3. The van der Waals surface area contributed by atoms with Crippen molar-refractivity contribution < 1.29 is 9.47 Å². The van der Waals surface area contributed by atoms with Crippen molar-refractivity contribution in [3.05, 3.63) is 42.0 Å². The minimum Gasteiger partial charge on any atom is -0.493 e. The summed E-state index contributed by atoms with van der Waals surface area (Å²) < 4.78 is 11.3. The molecule has 4 rings (SSSR count). The van der Waals surface area contributed by atoms with Gasteiger partial charge >= 0.3 is 0 Å². The van der Waals surface area contributed by atoms with Gasteiger partial charge in [-0.3, -0.25) is 0 Å². The largest absolute Gasteiger partial charge is 0.493 e. The zero-order valence-corrected chi connectivity index (χ0v) is 13.1. The summed E-state index contributed by atoms with van der Waals surface area (Å²) in [5.41, 5.74) is 2.61. The first-order chi connectivity index (χ1) is 10.7. The molecule has 3 heteroatoms. The summed E-state index contributed by atoms with van der Waals surface area (Å²) in [6, 6.07) is 12.9. The summed E-state index contributed by atoms with van der Waals surface area (Å²) in [7, 11) is 5.58. The van der Waals surface area contributed by atoms with Gasteiger partial charge in [0.25, 0.3) is 0 Å². The lowest BCUT2D eigenvalue weighted by Crippen LogP contribution is -2.24. The summed E-state index contributed by atoms with van der Waals surface area (Å²) in [6.45, 7) is 1.02. The highest BCUT2D eigenvalue weighted by atomic mass is 16.5. The second-order valence-electron chi connectivity index (χ2n) is 5.81. The molecule has 0 radical (unpaired) electrons. The van der Waals surface area contributed by atoms with E-state index in [9.17, 15) is 0 Å². The molecule has 1 heterocycles. The average molecular weight is 293 g/mol. The van der Waals surface area contributed by atoms with Gasteiger partial charge in [0.05, 0.1) is 14.2 Å². The minimum absolute atomic E-state index is 0.817. The van der Waals surface area contributed by atoms with Crippen molar-refractivity contribution in [1.82, 2.24) is 0 Å². The summed E-state index contributed by atoms with van der Waals surface area (Å²) >= 11 is 0. The van der Waals surface area contributed by atoms with Crippen LogP contribution in [0, 0.1) is 0 Å². The Balaban J connectivity index is 2.29. The number of hydrogen-bond acceptors (Lipinski definition) is 3. The van der Waals surface area contributed by atoms with E-state index in [0.717, 1.165) is 29.9 Å². The van der Waals surface area contributed by atoms with Gasteiger partial charge in [-0.2, -0.15) is 0 Å². The maximum Gasteiger partial charge on any atom is 0.169 e. The fourth-order valence-electron chi connectivity index (χ4n) is 3.57. The van der Waals surface area contributed by atoms with E-state index in [1.807, 2.05) is 0 Å². The van der Waals surface area contributed by atoms with Crippen molar-refractivity contribution in [1.29, 1.82) is 0 Å². The quantitative estimate of drug-likeness (QED) is 0.667. The molecule has 0 aromatic heterocycles. The van der Waals surface area contributed by atoms with Crippen molar-refractivity contribution in [3.63, 3.8) is 0 Å². The number of benzene rings is 3. The molecule has 1 aliphatic heterocycles. The van der Waals surface area contributed by atoms with Crippen LogP contribution >= 0.6 is 0 Å². The number of nitrogens with zero attached hydrogens (tertiary/aromatic N) is 1. The molecule has 3 aromatic carbocycles. The number of anilines is 1. The highest BCUT2D eigenvalue weighted by Gasteiger charge is 2.23. The molecule has 3 aromatic rings. The number of hydrogen-bond donors (Lipinski definition) is 0. The third-order valence-corrected chi connectivity index (χ3v) is 4.66. The van der Waals surface area contributed by atoms with Gasteiger partial charge in [-0.15, -0.1) is 0 Å². The molecule has 112 valence electrons. The minimum atomic E-state index is 0.817. The molecule has 3 nitrogen and oxygen atoms in total. The normalized spacial score (nSPS) is 13.7. The monoisotopic (exact) mass is 293 g/mol. The molecule has 0 unspecified atom stereocenters. The van der Waals surface area contributed by atoms with E-state index in [2.05, 4.69) is 48.3 Å². The Kier molecular flexibility index (Phi) is 2.89. The van der Waals surface area contributed by atoms with Gasteiger partial charge in [0.1, 0.15) is 0 Å². The van der Waals surface area contributed by atoms with E-state index in [1.165, 1.54) is 27.4 Å². The van der Waals surface area contributed by atoms with E-state index in [4.69, 9.17) is 9.47 Å². The van der Waals surface area contributed by atoms with Crippen LogP contribution in [0.5, 0.6) is 11.5 Å². The lowest BCUT2D eigenvalue weighted by molar-refractivity contribution is 0.358. The van der Waals surface area contributed by atoms with Crippen LogP contribution in [-0.4, -0.2) is 27.8 Å². The molecule has 0 atom stereocenters. The van der Waals surface area contributed by atoms with Gasteiger partial charge in [0.15, 0.2) is 11.5 Å². The van der Waals surface area contributed by atoms with Crippen LogP contribution in [-0.2, 0) is 6.42 Å². The molecule has 0 fully saturated rings. The molecule has 0 saturated heterocycles. The highest BCUT2D eigenvalue weighted by molar-refractivity contribution is 6.18. The van der Waals surface area contributed by atoms with Crippen LogP contribution in [0.1, 0.15) is 5.56 Å². The Labute approximate surface area is 130 Å². The van der Waals surface area contributed by atoms with E-state index >= 15 is 0 Å². The summed E-state index contributed by atoms with van der Waals surface area (Å²) in [4.78, 5) is 2.33. The fraction of sp³-hybridized carbons (Fsp3) is 0.263. The first-order valence-electron chi connectivity index (χ1n) is 7.55. The van der Waals surface area contributed by atoms with Crippen molar-refractivity contribution in [2.75, 3.05) is 32.7 Å². The second-order valence-corrected chi connectivity index (χ2v) is 5.81. The van der Waals surface area contributed by atoms with Crippen LogP contribution in [0.2, 0.25) is 0 Å². The summed E-state index contributed by atoms with van der Waals surface area (Å²) in [5.74, 6) is 1.64. The number of methoxy groups -OCH3 is 2. The molecular weight excluding hydrogens is 274 g/mol. The Morgan fingerprint density at radius 2 is 1.82 bits per heavy atom. The molecule has 0 saturated carbocycles. The first-order valence-corrected chi connectivity index (χ1v) is 7.55.